The molecule has 2 N–H and O–H groups in total. The fourth-order valence-corrected chi connectivity index (χ4v) is 2.64. The largest absolute Gasteiger partial charge is 0.469 e. The van der Waals surface area contributed by atoms with Gasteiger partial charge in [0.1, 0.15) is 11.2 Å². The van der Waals surface area contributed by atoms with E-state index in [9.17, 15) is 19.3 Å². The highest BCUT2D eigenvalue weighted by molar-refractivity contribution is 6.03. The van der Waals surface area contributed by atoms with Crippen LogP contribution in [0.15, 0.2) is 23.4 Å². The maximum Gasteiger partial charge on any atom is 0.305 e. The van der Waals surface area contributed by atoms with Crippen LogP contribution >= 0.6 is 0 Å². The molecule has 1 heterocycles. The first-order chi connectivity index (χ1) is 10.8. The zero-order chi connectivity index (χ0) is 17.2. The van der Waals surface area contributed by atoms with Crippen molar-refractivity contribution in [2.24, 2.45) is 10.9 Å². The second-order valence-electron chi connectivity index (χ2n) is 5.50. The Morgan fingerprint density at radius 3 is 2.70 bits per heavy atom. The highest BCUT2D eigenvalue weighted by Crippen LogP contribution is 2.36. The van der Waals surface area contributed by atoms with E-state index in [4.69, 9.17) is 5.73 Å². The van der Waals surface area contributed by atoms with E-state index >= 15 is 0 Å². The van der Waals surface area contributed by atoms with Gasteiger partial charge in [-0.3, -0.25) is 14.4 Å². The number of rotatable bonds is 6. The van der Waals surface area contributed by atoms with Gasteiger partial charge in [-0.2, -0.15) is 0 Å². The van der Waals surface area contributed by atoms with E-state index < -0.39 is 23.3 Å². The Morgan fingerprint density at radius 2 is 2.13 bits per heavy atom. The Bertz CT molecular complexity index is 688. The molecule has 0 bridgehead atoms. The van der Waals surface area contributed by atoms with Crippen molar-refractivity contribution in [2.45, 2.75) is 31.8 Å². The molecule has 8 nitrogen and oxygen atoms in total. The van der Waals surface area contributed by atoms with E-state index in [2.05, 4.69) is 9.91 Å². The first kappa shape index (κ1) is 16.6. The maximum absolute atomic E-state index is 12.6. The number of hydrogen-bond acceptors (Lipinski definition) is 6. The Kier molecular flexibility index (Phi) is 4.44. The first-order valence-corrected chi connectivity index (χ1v) is 6.99. The average Bonchev–Trinajstić information content (AvgIpc) is 2.89. The quantitative estimate of drug-likeness (QED) is 0.625. The molecular weight excluding hydrogens is 302 g/mol. The summed E-state index contributed by atoms with van der Waals surface area (Å²) >= 11 is 0. The zero-order valence-electron chi connectivity index (χ0n) is 12.9. The van der Waals surface area contributed by atoms with Crippen molar-refractivity contribution in [1.29, 1.82) is 0 Å². The van der Waals surface area contributed by atoms with E-state index in [1.807, 2.05) is 0 Å². The number of primary amides is 1. The highest BCUT2D eigenvalue weighted by Gasteiger charge is 2.45. The van der Waals surface area contributed by atoms with Crippen molar-refractivity contribution >= 4 is 23.5 Å². The Hall–Kier alpha value is -2.77. The number of carbonyl (C=O) groups is 3. The van der Waals surface area contributed by atoms with Crippen molar-refractivity contribution in [2.75, 3.05) is 7.11 Å². The molecular formula is C15H17N3O5. The van der Waals surface area contributed by atoms with Crippen LogP contribution in [0.3, 0.4) is 0 Å². The fraction of sp³-hybridized carbons (Fsp3) is 0.400. The summed E-state index contributed by atoms with van der Waals surface area (Å²) in [6.45, 7) is 1.53. The third kappa shape index (κ3) is 2.79. The molecule has 0 spiro atoms. The Labute approximate surface area is 132 Å². The minimum atomic E-state index is -1.37. The third-order valence-corrected chi connectivity index (χ3v) is 4.21. The molecule has 23 heavy (non-hydrogen) atoms. The number of amides is 2. The average molecular weight is 319 g/mol. The summed E-state index contributed by atoms with van der Waals surface area (Å²) in [6.07, 6.45) is -0.0343. The van der Waals surface area contributed by atoms with Crippen LogP contribution in [-0.4, -0.2) is 35.3 Å². The van der Waals surface area contributed by atoms with Gasteiger partial charge in [-0.15, -0.1) is 4.91 Å². The normalized spacial score (nSPS) is 15.7. The van der Waals surface area contributed by atoms with Gasteiger partial charge in [0.2, 0.25) is 5.91 Å². The predicted molar refractivity (Wildman–Crippen MR) is 80.6 cm³/mol. The topological polar surface area (TPSA) is 119 Å². The summed E-state index contributed by atoms with van der Waals surface area (Å²) in [5.74, 6) is -1.66. The number of esters is 1. The molecule has 122 valence electrons. The number of ether oxygens (including phenoxy) is 1. The first-order valence-electron chi connectivity index (χ1n) is 6.99. The molecule has 0 fully saturated rings. The minimum absolute atomic E-state index is 0.0264. The van der Waals surface area contributed by atoms with E-state index in [-0.39, 0.29) is 25.1 Å². The Morgan fingerprint density at radius 1 is 1.43 bits per heavy atom. The van der Waals surface area contributed by atoms with Crippen LogP contribution < -0.4 is 5.73 Å². The molecule has 0 saturated carbocycles. The molecule has 2 rings (SSSR count). The van der Waals surface area contributed by atoms with Crippen LogP contribution in [0.1, 0.15) is 35.7 Å². The lowest BCUT2D eigenvalue weighted by Gasteiger charge is -2.35. The summed E-state index contributed by atoms with van der Waals surface area (Å²) in [4.78, 5) is 48.1. The van der Waals surface area contributed by atoms with Crippen LogP contribution in [0.4, 0.5) is 5.69 Å². The zero-order valence-corrected chi connectivity index (χ0v) is 12.9. The monoisotopic (exact) mass is 319 g/mol. The molecule has 0 radical (unpaired) electrons. The molecule has 1 unspecified atom stereocenters. The third-order valence-electron chi connectivity index (χ3n) is 4.21. The van der Waals surface area contributed by atoms with E-state index in [1.165, 1.54) is 25.0 Å². The number of methoxy groups -OCH3 is 1. The van der Waals surface area contributed by atoms with Gasteiger partial charge in [0, 0.05) is 17.5 Å². The minimum Gasteiger partial charge on any atom is -0.469 e. The highest BCUT2D eigenvalue weighted by atomic mass is 16.5. The van der Waals surface area contributed by atoms with Crippen molar-refractivity contribution in [1.82, 2.24) is 4.90 Å². The number of carbonyl (C=O) groups excluding carboxylic acids is 3. The molecule has 1 aliphatic heterocycles. The van der Waals surface area contributed by atoms with Crippen molar-refractivity contribution in [3.05, 3.63) is 34.2 Å². The maximum atomic E-state index is 12.6. The van der Waals surface area contributed by atoms with Gasteiger partial charge < -0.3 is 15.4 Å². The molecule has 1 atom stereocenters. The predicted octanol–water partition coefficient (Wildman–Crippen LogP) is 1.24. The van der Waals surface area contributed by atoms with Crippen molar-refractivity contribution < 1.29 is 19.1 Å². The molecule has 1 aromatic carbocycles. The van der Waals surface area contributed by atoms with Gasteiger partial charge in [0.15, 0.2) is 0 Å². The summed E-state index contributed by atoms with van der Waals surface area (Å²) < 4.78 is 4.56. The van der Waals surface area contributed by atoms with Gasteiger partial charge in [0.25, 0.3) is 5.91 Å². The van der Waals surface area contributed by atoms with Gasteiger partial charge in [0.05, 0.1) is 13.7 Å². The summed E-state index contributed by atoms with van der Waals surface area (Å²) in [5, 5.41) is 2.91. The van der Waals surface area contributed by atoms with Crippen LogP contribution in [0.5, 0.6) is 0 Å². The number of nitrogens with two attached hydrogens (primary N) is 1. The molecule has 0 saturated heterocycles. The lowest BCUT2D eigenvalue weighted by atomic mass is 9.92. The molecule has 1 aromatic rings. The van der Waals surface area contributed by atoms with E-state index in [1.54, 1.807) is 12.1 Å². The second-order valence-corrected chi connectivity index (χ2v) is 5.50. The SMILES string of the molecule is COC(=O)CCC(C)(C(N)=O)N1Cc2c(N=O)cccc2C1=O. The van der Waals surface area contributed by atoms with Gasteiger partial charge in [-0.05, 0) is 30.7 Å². The van der Waals surface area contributed by atoms with Crippen LogP contribution in [-0.2, 0) is 20.9 Å². The number of nitroso groups, excluding NO2 is 1. The Balaban J connectivity index is 2.35. The van der Waals surface area contributed by atoms with E-state index in [0.717, 1.165) is 0 Å². The van der Waals surface area contributed by atoms with Gasteiger partial charge in [-0.1, -0.05) is 6.07 Å². The van der Waals surface area contributed by atoms with Crippen LogP contribution in [0, 0.1) is 4.91 Å². The van der Waals surface area contributed by atoms with Crippen LogP contribution in [0.25, 0.3) is 0 Å². The van der Waals surface area contributed by atoms with Gasteiger partial charge >= 0.3 is 5.97 Å². The van der Waals surface area contributed by atoms with Crippen molar-refractivity contribution in [3.63, 3.8) is 0 Å². The summed E-state index contributed by atoms with van der Waals surface area (Å²) in [5.41, 5.74) is 5.03. The lowest BCUT2D eigenvalue weighted by Crippen LogP contribution is -2.55. The molecule has 0 aromatic heterocycles. The smallest absolute Gasteiger partial charge is 0.305 e. The molecule has 0 aliphatic carbocycles. The number of fused-ring (bicyclic) bond motifs is 1. The standard InChI is InChI=1S/C15H17N3O5/c1-15(14(16)21,7-6-12(19)23-2)18-8-10-9(13(18)20)4-3-5-11(10)17-22/h3-5H,6-8H2,1-2H3,(H2,16,21). The summed E-state index contributed by atoms with van der Waals surface area (Å²) in [7, 11) is 1.24. The van der Waals surface area contributed by atoms with Gasteiger partial charge in [-0.25, -0.2) is 0 Å². The number of hydrogen-bond donors (Lipinski definition) is 1. The number of benzene rings is 1. The van der Waals surface area contributed by atoms with Crippen LogP contribution in [0.2, 0.25) is 0 Å². The van der Waals surface area contributed by atoms with Crippen molar-refractivity contribution in [3.8, 4) is 0 Å². The lowest BCUT2D eigenvalue weighted by molar-refractivity contribution is -0.142. The fourth-order valence-electron chi connectivity index (χ4n) is 2.64. The van der Waals surface area contributed by atoms with E-state index in [0.29, 0.717) is 11.1 Å². The molecule has 8 heteroatoms. The second kappa shape index (κ2) is 6.15. The summed E-state index contributed by atoms with van der Waals surface area (Å²) in [6, 6.07) is 4.61. The molecule has 2 amide bonds. The molecule has 1 aliphatic rings. The number of nitrogens with zero attached hydrogens (tertiary/aromatic N) is 2.